The Morgan fingerprint density at radius 3 is 2.93 bits per heavy atom. The average molecular weight is 381 g/mol. The van der Waals surface area contributed by atoms with Crippen molar-refractivity contribution in [3.63, 3.8) is 0 Å². The fourth-order valence-corrected chi connectivity index (χ4v) is 4.14. The van der Waals surface area contributed by atoms with E-state index >= 15 is 0 Å². The minimum Gasteiger partial charge on any atom is -0.352 e. The molecule has 27 heavy (non-hydrogen) atoms. The largest absolute Gasteiger partial charge is 0.352 e. The monoisotopic (exact) mass is 380 g/mol. The molecule has 4 rings (SSSR count). The first-order valence-electron chi connectivity index (χ1n) is 9.42. The van der Waals surface area contributed by atoms with Crippen molar-refractivity contribution in [2.75, 3.05) is 19.6 Å². The summed E-state index contributed by atoms with van der Waals surface area (Å²) in [5, 5.41) is 6.44. The molecule has 0 radical (unpaired) electrons. The zero-order valence-electron chi connectivity index (χ0n) is 15.2. The van der Waals surface area contributed by atoms with Crippen molar-refractivity contribution in [3.05, 3.63) is 66.1 Å². The van der Waals surface area contributed by atoms with E-state index in [-0.39, 0.29) is 5.91 Å². The van der Waals surface area contributed by atoms with Gasteiger partial charge in [-0.3, -0.25) is 4.79 Å². The van der Waals surface area contributed by atoms with Gasteiger partial charge in [0.2, 0.25) is 0 Å². The molecule has 5 nitrogen and oxygen atoms in total. The molecule has 140 valence electrons. The van der Waals surface area contributed by atoms with Gasteiger partial charge in [-0.25, -0.2) is 4.98 Å². The van der Waals surface area contributed by atoms with E-state index in [4.69, 9.17) is 0 Å². The summed E-state index contributed by atoms with van der Waals surface area (Å²) in [4.78, 5) is 18.1. The van der Waals surface area contributed by atoms with Gasteiger partial charge >= 0.3 is 0 Å². The van der Waals surface area contributed by atoms with E-state index in [0.29, 0.717) is 5.92 Å². The van der Waals surface area contributed by atoms with E-state index in [9.17, 15) is 4.79 Å². The molecule has 0 spiro atoms. The number of aromatic nitrogens is 2. The molecule has 1 aliphatic heterocycles. The Hall–Kier alpha value is -2.31. The summed E-state index contributed by atoms with van der Waals surface area (Å²) in [5.74, 6) is 1.36. The highest BCUT2D eigenvalue weighted by Crippen LogP contribution is 2.23. The quantitative estimate of drug-likeness (QED) is 0.644. The van der Waals surface area contributed by atoms with E-state index in [0.717, 1.165) is 47.2 Å². The SMILES string of the molecule is O=C(NCC1CCCNC1)c1ccc(SCc2cn3ccccc3n2)cc1. The first-order chi connectivity index (χ1) is 13.3. The van der Waals surface area contributed by atoms with Gasteiger partial charge < -0.3 is 15.0 Å². The normalized spacial score (nSPS) is 17.1. The van der Waals surface area contributed by atoms with Crippen LogP contribution in [0.1, 0.15) is 28.9 Å². The Labute approximate surface area is 163 Å². The smallest absolute Gasteiger partial charge is 0.251 e. The number of imidazole rings is 1. The van der Waals surface area contributed by atoms with Crippen molar-refractivity contribution in [1.29, 1.82) is 0 Å². The van der Waals surface area contributed by atoms with Gasteiger partial charge in [-0.2, -0.15) is 0 Å². The van der Waals surface area contributed by atoms with Crippen LogP contribution in [0.2, 0.25) is 0 Å². The van der Waals surface area contributed by atoms with Crippen molar-refractivity contribution in [2.24, 2.45) is 5.92 Å². The van der Waals surface area contributed by atoms with Crippen molar-refractivity contribution in [1.82, 2.24) is 20.0 Å². The minimum absolute atomic E-state index is 0.0116. The Kier molecular flexibility index (Phi) is 5.75. The van der Waals surface area contributed by atoms with Crippen LogP contribution in [0.15, 0.2) is 59.8 Å². The van der Waals surface area contributed by atoms with E-state index in [1.807, 2.05) is 53.1 Å². The molecule has 2 aromatic heterocycles. The third-order valence-corrected chi connectivity index (χ3v) is 5.91. The van der Waals surface area contributed by atoms with Crippen molar-refractivity contribution in [2.45, 2.75) is 23.5 Å². The number of nitrogens with one attached hydrogen (secondary N) is 2. The molecule has 1 aliphatic rings. The lowest BCUT2D eigenvalue weighted by Crippen LogP contribution is -2.38. The first-order valence-corrected chi connectivity index (χ1v) is 10.4. The van der Waals surface area contributed by atoms with Crippen molar-refractivity contribution < 1.29 is 4.79 Å². The average Bonchev–Trinajstić information content (AvgIpc) is 3.15. The molecule has 0 aliphatic carbocycles. The Balaban J connectivity index is 1.29. The molecular formula is C21H24N4OS. The van der Waals surface area contributed by atoms with E-state index in [2.05, 4.69) is 21.8 Å². The molecule has 3 heterocycles. The number of rotatable bonds is 6. The molecule has 1 fully saturated rings. The number of nitrogens with zero attached hydrogens (tertiary/aromatic N) is 2. The van der Waals surface area contributed by atoms with Crippen molar-refractivity contribution >= 4 is 23.3 Å². The zero-order chi connectivity index (χ0) is 18.5. The predicted octanol–water partition coefficient (Wildman–Crippen LogP) is 3.36. The fourth-order valence-electron chi connectivity index (χ4n) is 3.35. The molecule has 3 aromatic rings. The summed E-state index contributed by atoms with van der Waals surface area (Å²) in [6.45, 7) is 2.84. The molecule has 0 saturated carbocycles. The first kappa shape index (κ1) is 18.1. The Morgan fingerprint density at radius 2 is 2.15 bits per heavy atom. The van der Waals surface area contributed by atoms with Gasteiger partial charge in [-0.1, -0.05) is 6.07 Å². The molecule has 1 atom stereocenters. The number of amides is 1. The lowest BCUT2D eigenvalue weighted by Gasteiger charge is -2.22. The van der Waals surface area contributed by atoms with Crippen LogP contribution in [0.5, 0.6) is 0 Å². The van der Waals surface area contributed by atoms with Crippen LogP contribution in [0.3, 0.4) is 0 Å². The van der Waals surface area contributed by atoms with Gasteiger partial charge in [0.15, 0.2) is 0 Å². The van der Waals surface area contributed by atoms with Crippen LogP contribution < -0.4 is 10.6 Å². The maximum atomic E-state index is 12.3. The molecule has 1 amide bonds. The summed E-state index contributed by atoms with van der Waals surface area (Å²) < 4.78 is 2.03. The third kappa shape index (κ3) is 4.70. The molecule has 1 unspecified atom stereocenters. The summed E-state index contributed by atoms with van der Waals surface area (Å²) in [6, 6.07) is 13.8. The van der Waals surface area contributed by atoms with Crippen LogP contribution in [0.4, 0.5) is 0 Å². The number of carbonyl (C=O) groups is 1. The number of piperidine rings is 1. The third-order valence-electron chi connectivity index (χ3n) is 4.87. The van der Waals surface area contributed by atoms with Gasteiger partial charge in [0.1, 0.15) is 5.65 Å². The maximum absolute atomic E-state index is 12.3. The maximum Gasteiger partial charge on any atom is 0.251 e. The predicted molar refractivity (Wildman–Crippen MR) is 109 cm³/mol. The standard InChI is InChI=1S/C21H24N4OS/c26-21(23-13-16-4-3-10-22-12-16)17-6-8-19(9-7-17)27-15-18-14-25-11-2-1-5-20(25)24-18/h1-2,5-9,11,14,16,22H,3-4,10,12-13,15H2,(H,23,26). The van der Waals surface area contributed by atoms with Crippen LogP contribution in [0, 0.1) is 5.92 Å². The highest BCUT2D eigenvalue weighted by Gasteiger charge is 2.14. The number of fused-ring (bicyclic) bond motifs is 1. The molecule has 2 N–H and O–H groups in total. The van der Waals surface area contributed by atoms with Crippen LogP contribution in [-0.4, -0.2) is 34.9 Å². The van der Waals surface area contributed by atoms with E-state index in [1.165, 1.54) is 12.8 Å². The molecular weight excluding hydrogens is 356 g/mol. The molecule has 1 saturated heterocycles. The number of benzene rings is 1. The van der Waals surface area contributed by atoms with Gasteiger partial charge in [-0.05, 0) is 68.2 Å². The second-order valence-electron chi connectivity index (χ2n) is 6.93. The summed E-state index contributed by atoms with van der Waals surface area (Å²) >= 11 is 1.73. The zero-order valence-corrected chi connectivity index (χ0v) is 16.0. The highest BCUT2D eigenvalue weighted by molar-refractivity contribution is 7.98. The topological polar surface area (TPSA) is 58.4 Å². The summed E-state index contributed by atoms with van der Waals surface area (Å²) in [6.07, 6.45) is 6.45. The number of carbonyl (C=O) groups excluding carboxylic acids is 1. The van der Waals surface area contributed by atoms with Gasteiger partial charge in [0.25, 0.3) is 5.91 Å². The number of pyridine rings is 1. The van der Waals surface area contributed by atoms with Gasteiger partial charge in [0, 0.05) is 35.2 Å². The van der Waals surface area contributed by atoms with Crippen LogP contribution in [0.25, 0.3) is 5.65 Å². The van der Waals surface area contributed by atoms with Gasteiger partial charge in [-0.15, -0.1) is 11.8 Å². The van der Waals surface area contributed by atoms with Crippen LogP contribution >= 0.6 is 11.8 Å². The van der Waals surface area contributed by atoms with Crippen LogP contribution in [-0.2, 0) is 5.75 Å². The molecule has 1 aromatic carbocycles. The number of hydrogen-bond acceptors (Lipinski definition) is 4. The summed E-state index contributed by atoms with van der Waals surface area (Å²) in [5.41, 5.74) is 2.73. The Bertz CT molecular complexity index is 867. The Morgan fingerprint density at radius 1 is 1.26 bits per heavy atom. The minimum atomic E-state index is 0.0116. The second-order valence-corrected chi connectivity index (χ2v) is 7.98. The van der Waals surface area contributed by atoms with E-state index in [1.54, 1.807) is 11.8 Å². The number of hydrogen-bond donors (Lipinski definition) is 2. The molecule has 0 bridgehead atoms. The number of thioether (sulfide) groups is 1. The second kappa shape index (κ2) is 8.59. The fraction of sp³-hybridized carbons (Fsp3) is 0.333. The lowest BCUT2D eigenvalue weighted by molar-refractivity contribution is 0.0945. The molecule has 6 heteroatoms. The van der Waals surface area contributed by atoms with E-state index < -0.39 is 0 Å². The van der Waals surface area contributed by atoms with Gasteiger partial charge in [0.05, 0.1) is 5.69 Å². The van der Waals surface area contributed by atoms with Crippen molar-refractivity contribution in [3.8, 4) is 0 Å². The summed E-state index contributed by atoms with van der Waals surface area (Å²) in [7, 11) is 0. The lowest BCUT2D eigenvalue weighted by atomic mass is 10.00. The highest BCUT2D eigenvalue weighted by atomic mass is 32.2.